The molecule has 0 amide bonds. The zero-order valence-electron chi connectivity index (χ0n) is 6.68. The van der Waals surface area contributed by atoms with Crippen LogP contribution in [0, 0.1) is 0 Å². The van der Waals surface area contributed by atoms with Crippen LogP contribution in [0.15, 0.2) is 12.4 Å². The number of pyridine rings is 1. The van der Waals surface area contributed by atoms with Crippen LogP contribution < -0.4 is 4.74 Å². The molecule has 0 bridgehead atoms. The van der Waals surface area contributed by atoms with Gasteiger partial charge in [-0.2, -0.15) is 0 Å². The molecule has 0 aliphatic rings. The minimum Gasteiger partial charge on any atom is -0.490 e. The van der Waals surface area contributed by atoms with Crippen molar-refractivity contribution in [1.29, 1.82) is 0 Å². The van der Waals surface area contributed by atoms with E-state index in [4.69, 9.17) is 27.9 Å². The summed E-state index contributed by atoms with van der Waals surface area (Å²) in [4.78, 5) is 3.81. The van der Waals surface area contributed by atoms with Crippen molar-refractivity contribution in [2.24, 2.45) is 0 Å². The molecule has 0 aliphatic carbocycles. The number of nitrogens with zero attached hydrogens (tertiary/aromatic N) is 1. The van der Waals surface area contributed by atoms with E-state index in [2.05, 4.69) is 4.98 Å². The van der Waals surface area contributed by atoms with Crippen molar-refractivity contribution >= 4 is 23.2 Å². The minimum absolute atomic E-state index is 0.455. The van der Waals surface area contributed by atoms with E-state index >= 15 is 0 Å². The summed E-state index contributed by atoms with van der Waals surface area (Å²) in [5.41, 5.74) is 0. The van der Waals surface area contributed by atoms with Crippen LogP contribution in [0.25, 0.3) is 0 Å². The van der Waals surface area contributed by atoms with Crippen molar-refractivity contribution < 1.29 is 4.74 Å². The first kappa shape index (κ1) is 9.62. The van der Waals surface area contributed by atoms with Crippen LogP contribution in [0.4, 0.5) is 0 Å². The molecule has 0 aliphatic heterocycles. The van der Waals surface area contributed by atoms with Crippen LogP contribution in [0.1, 0.15) is 13.3 Å². The van der Waals surface area contributed by atoms with Gasteiger partial charge in [-0.1, -0.05) is 30.1 Å². The summed E-state index contributed by atoms with van der Waals surface area (Å²) in [5, 5.41) is 0.909. The maximum absolute atomic E-state index is 5.79. The Kier molecular flexibility index (Phi) is 3.63. The van der Waals surface area contributed by atoms with Gasteiger partial charge in [-0.25, -0.2) is 0 Å². The summed E-state index contributed by atoms with van der Waals surface area (Å²) in [5.74, 6) is 0.523. The smallest absolute Gasteiger partial charge is 0.159 e. The summed E-state index contributed by atoms with van der Waals surface area (Å²) in [6, 6.07) is 0. The molecule has 0 fully saturated rings. The molecule has 1 aromatic heterocycles. The average molecular weight is 206 g/mol. The molecule has 66 valence electrons. The highest BCUT2D eigenvalue weighted by Gasteiger charge is 2.05. The van der Waals surface area contributed by atoms with Gasteiger partial charge in [0, 0.05) is 12.4 Å². The zero-order chi connectivity index (χ0) is 8.97. The Hall–Kier alpha value is -0.470. The summed E-state index contributed by atoms with van der Waals surface area (Å²) < 4.78 is 5.31. The molecule has 2 nitrogen and oxygen atoms in total. The molecular formula is C8H9Cl2NO. The topological polar surface area (TPSA) is 22.1 Å². The van der Waals surface area contributed by atoms with E-state index in [0.717, 1.165) is 6.42 Å². The van der Waals surface area contributed by atoms with Crippen molar-refractivity contribution in [2.75, 3.05) is 6.61 Å². The molecule has 0 radical (unpaired) electrons. The lowest BCUT2D eigenvalue weighted by molar-refractivity contribution is 0.317. The maximum Gasteiger partial charge on any atom is 0.159 e. The zero-order valence-corrected chi connectivity index (χ0v) is 8.19. The first-order valence-corrected chi connectivity index (χ1v) is 4.43. The average Bonchev–Trinajstić information content (AvgIpc) is 2.04. The van der Waals surface area contributed by atoms with Crippen LogP contribution in [0.5, 0.6) is 5.75 Å². The molecule has 4 heteroatoms. The van der Waals surface area contributed by atoms with Crippen molar-refractivity contribution in [2.45, 2.75) is 13.3 Å². The highest BCUT2D eigenvalue weighted by Crippen LogP contribution is 2.31. The standard InChI is InChI=1S/C8H9Cl2NO/c1-2-3-12-8-6(9)4-11-5-7(8)10/h4-5H,2-3H2,1H3. The highest BCUT2D eigenvalue weighted by atomic mass is 35.5. The van der Waals surface area contributed by atoms with Crippen LogP contribution in [0.3, 0.4) is 0 Å². The van der Waals surface area contributed by atoms with E-state index in [-0.39, 0.29) is 0 Å². The van der Waals surface area contributed by atoms with Gasteiger partial charge in [0.2, 0.25) is 0 Å². The third kappa shape index (κ3) is 2.26. The van der Waals surface area contributed by atoms with Gasteiger partial charge < -0.3 is 4.74 Å². The number of ether oxygens (including phenoxy) is 1. The minimum atomic E-state index is 0.455. The second kappa shape index (κ2) is 4.53. The van der Waals surface area contributed by atoms with Gasteiger partial charge >= 0.3 is 0 Å². The van der Waals surface area contributed by atoms with Crippen molar-refractivity contribution in [3.8, 4) is 5.75 Å². The lowest BCUT2D eigenvalue weighted by Gasteiger charge is -2.06. The second-order valence-electron chi connectivity index (χ2n) is 2.28. The van der Waals surface area contributed by atoms with Gasteiger partial charge in [-0.15, -0.1) is 0 Å². The Balaban J connectivity index is 2.81. The van der Waals surface area contributed by atoms with E-state index in [0.29, 0.717) is 22.4 Å². The van der Waals surface area contributed by atoms with Gasteiger partial charge in [0.25, 0.3) is 0 Å². The van der Waals surface area contributed by atoms with Crippen molar-refractivity contribution in [3.05, 3.63) is 22.4 Å². The number of aromatic nitrogens is 1. The fourth-order valence-electron chi connectivity index (χ4n) is 0.741. The van der Waals surface area contributed by atoms with Gasteiger partial charge in [-0.05, 0) is 6.42 Å². The summed E-state index contributed by atoms with van der Waals surface area (Å²) >= 11 is 11.6. The van der Waals surface area contributed by atoms with Gasteiger partial charge in [0.05, 0.1) is 6.61 Å². The van der Waals surface area contributed by atoms with Crippen LogP contribution in [-0.2, 0) is 0 Å². The number of hydrogen-bond donors (Lipinski definition) is 0. The predicted octanol–water partition coefficient (Wildman–Crippen LogP) is 3.18. The second-order valence-corrected chi connectivity index (χ2v) is 3.10. The van der Waals surface area contributed by atoms with Gasteiger partial charge in [0.15, 0.2) is 5.75 Å². The Labute approximate surface area is 81.5 Å². The monoisotopic (exact) mass is 205 g/mol. The summed E-state index contributed by atoms with van der Waals surface area (Å²) in [6.45, 7) is 2.63. The largest absolute Gasteiger partial charge is 0.490 e. The van der Waals surface area contributed by atoms with Crippen LogP contribution >= 0.6 is 23.2 Å². The van der Waals surface area contributed by atoms with E-state index in [9.17, 15) is 0 Å². The third-order valence-corrected chi connectivity index (χ3v) is 1.80. The van der Waals surface area contributed by atoms with Crippen LogP contribution in [0.2, 0.25) is 10.0 Å². The van der Waals surface area contributed by atoms with Crippen molar-refractivity contribution in [3.63, 3.8) is 0 Å². The first-order chi connectivity index (χ1) is 5.75. The molecule has 1 heterocycles. The number of halogens is 2. The SMILES string of the molecule is CCCOc1c(Cl)cncc1Cl. The normalized spacial score (nSPS) is 9.92. The van der Waals surface area contributed by atoms with E-state index in [1.54, 1.807) is 0 Å². The molecule has 1 aromatic rings. The molecule has 0 spiro atoms. The number of rotatable bonds is 3. The first-order valence-electron chi connectivity index (χ1n) is 3.67. The molecule has 0 unspecified atom stereocenters. The Bertz CT molecular complexity index is 245. The molecular weight excluding hydrogens is 197 g/mol. The molecule has 0 atom stereocenters. The van der Waals surface area contributed by atoms with E-state index in [1.807, 2.05) is 6.92 Å². The maximum atomic E-state index is 5.79. The molecule has 1 rings (SSSR count). The summed E-state index contributed by atoms with van der Waals surface area (Å²) in [6.07, 6.45) is 3.95. The predicted molar refractivity (Wildman–Crippen MR) is 50.0 cm³/mol. The lowest BCUT2D eigenvalue weighted by Crippen LogP contribution is -1.96. The van der Waals surface area contributed by atoms with E-state index in [1.165, 1.54) is 12.4 Å². The lowest BCUT2D eigenvalue weighted by atomic mass is 10.4. The van der Waals surface area contributed by atoms with E-state index < -0.39 is 0 Å². The van der Waals surface area contributed by atoms with Crippen LogP contribution in [-0.4, -0.2) is 11.6 Å². The molecule has 0 saturated heterocycles. The van der Waals surface area contributed by atoms with Gasteiger partial charge in [-0.3, -0.25) is 4.98 Å². The Morgan fingerprint density at radius 3 is 2.42 bits per heavy atom. The molecule has 0 saturated carbocycles. The fraction of sp³-hybridized carbons (Fsp3) is 0.375. The van der Waals surface area contributed by atoms with Gasteiger partial charge in [0.1, 0.15) is 10.0 Å². The fourth-order valence-corrected chi connectivity index (χ4v) is 1.22. The quantitative estimate of drug-likeness (QED) is 0.757. The number of hydrogen-bond acceptors (Lipinski definition) is 2. The molecule has 12 heavy (non-hydrogen) atoms. The molecule has 0 N–H and O–H groups in total. The summed E-state index contributed by atoms with van der Waals surface area (Å²) in [7, 11) is 0. The highest BCUT2D eigenvalue weighted by molar-refractivity contribution is 6.36. The van der Waals surface area contributed by atoms with Crippen molar-refractivity contribution in [1.82, 2.24) is 4.98 Å². The Morgan fingerprint density at radius 2 is 1.92 bits per heavy atom. The molecule has 0 aromatic carbocycles. The Morgan fingerprint density at radius 1 is 1.33 bits per heavy atom. The third-order valence-electron chi connectivity index (χ3n) is 1.26.